The fourth-order valence-electron chi connectivity index (χ4n) is 3.19. The molecule has 0 saturated heterocycles. The smallest absolute Gasteiger partial charge is 0.261 e. The van der Waals surface area contributed by atoms with E-state index in [0.29, 0.717) is 23.7 Å². The summed E-state index contributed by atoms with van der Waals surface area (Å²) in [7, 11) is -3.77. The summed E-state index contributed by atoms with van der Waals surface area (Å²) < 4.78 is 27.8. The first-order chi connectivity index (χ1) is 14.8. The van der Waals surface area contributed by atoms with Crippen LogP contribution in [0.2, 0.25) is 0 Å². The van der Waals surface area contributed by atoms with Crippen molar-refractivity contribution in [3.63, 3.8) is 0 Å². The van der Waals surface area contributed by atoms with E-state index >= 15 is 0 Å². The van der Waals surface area contributed by atoms with Crippen LogP contribution in [-0.2, 0) is 16.4 Å². The van der Waals surface area contributed by atoms with E-state index in [2.05, 4.69) is 48.2 Å². The molecule has 0 aromatic heterocycles. The van der Waals surface area contributed by atoms with Crippen molar-refractivity contribution in [2.24, 2.45) is 0 Å². The Hall–Kier alpha value is -3.12. The molecular formula is C25H28N2O3S. The minimum atomic E-state index is -3.77. The Kier molecular flexibility index (Phi) is 7.47. The predicted molar refractivity (Wildman–Crippen MR) is 125 cm³/mol. The molecule has 0 aliphatic heterocycles. The number of para-hydroxylation sites is 1. The first-order valence-electron chi connectivity index (χ1n) is 10.4. The van der Waals surface area contributed by atoms with Crippen molar-refractivity contribution in [1.29, 1.82) is 0 Å². The molecule has 3 aromatic carbocycles. The molecule has 0 fully saturated rings. The van der Waals surface area contributed by atoms with Gasteiger partial charge in [-0.1, -0.05) is 62.4 Å². The zero-order valence-corrected chi connectivity index (χ0v) is 18.7. The van der Waals surface area contributed by atoms with Gasteiger partial charge in [-0.3, -0.25) is 9.52 Å². The number of carbonyl (C=O) groups is 1. The van der Waals surface area contributed by atoms with Gasteiger partial charge >= 0.3 is 0 Å². The topological polar surface area (TPSA) is 75.3 Å². The van der Waals surface area contributed by atoms with Gasteiger partial charge in [0.25, 0.3) is 15.9 Å². The molecule has 0 spiro atoms. The highest BCUT2D eigenvalue weighted by molar-refractivity contribution is 7.92. The Morgan fingerprint density at radius 2 is 1.61 bits per heavy atom. The lowest BCUT2D eigenvalue weighted by molar-refractivity contribution is 0.0953. The fourth-order valence-corrected chi connectivity index (χ4v) is 4.29. The number of sulfonamides is 1. The van der Waals surface area contributed by atoms with Crippen molar-refractivity contribution in [2.75, 3.05) is 11.3 Å². The van der Waals surface area contributed by atoms with Gasteiger partial charge in [0, 0.05) is 17.8 Å². The van der Waals surface area contributed by atoms with Crippen molar-refractivity contribution in [2.45, 2.75) is 37.5 Å². The van der Waals surface area contributed by atoms with Crippen LogP contribution in [0, 0.1) is 0 Å². The van der Waals surface area contributed by atoms with Gasteiger partial charge in [-0.15, -0.1) is 0 Å². The summed E-state index contributed by atoms with van der Waals surface area (Å²) in [6.45, 7) is 4.86. The highest BCUT2D eigenvalue weighted by Crippen LogP contribution is 2.17. The average Bonchev–Trinajstić information content (AvgIpc) is 2.77. The lowest BCUT2D eigenvalue weighted by Gasteiger charge is -2.10. The maximum absolute atomic E-state index is 12.6. The van der Waals surface area contributed by atoms with Crippen LogP contribution in [0.15, 0.2) is 83.8 Å². The minimum Gasteiger partial charge on any atom is -0.352 e. The second-order valence-electron chi connectivity index (χ2n) is 7.76. The molecule has 5 nitrogen and oxygen atoms in total. The molecule has 31 heavy (non-hydrogen) atoms. The number of carbonyl (C=O) groups excluding carboxylic acids is 1. The van der Waals surface area contributed by atoms with E-state index in [9.17, 15) is 13.2 Å². The third-order valence-corrected chi connectivity index (χ3v) is 6.39. The standard InChI is InChI=1S/C25H28N2O3S/c1-19(2)21-15-13-20(14-16-21)8-7-17-26-25(28)22-9-6-12-24(18-22)31(29,30)27-23-10-4-3-5-11-23/h3-6,9-16,18-19,27H,7-8,17H2,1-2H3,(H,26,28). The summed E-state index contributed by atoms with van der Waals surface area (Å²) in [5, 5.41) is 2.87. The van der Waals surface area contributed by atoms with Gasteiger partial charge < -0.3 is 5.32 Å². The quantitative estimate of drug-likeness (QED) is 0.465. The summed E-state index contributed by atoms with van der Waals surface area (Å²) in [5.74, 6) is 0.225. The molecule has 2 N–H and O–H groups in total. The van der Waals surface area contributed by atoms with Crippen LogP contribution >= 0.6 is 0 Å². The van der Waals surface area contributed by atoms with Crippen molar-refractivity contribution in [3.05, 3.63) is 95.6 Å². The Morgan fingerprint density at radius 3 is 2.29 bits per heavy atom. The number of aryl methyl sites for hydroxylation is 1. The zero-order valence-electron chi connectivity index (χ0n) is 17.8. The molecule has 6 heteroatoms. The molecule has 0 aliphatic rings. The molecule has 162 valence electrons. The van der Waals surface area contributed by atoms with Gasteiger partial charge in [0.1, 0.15) is 0 Å². The second kappa shape index (κ2) is 10.3. The van der Waals surface area contributed by atoms with E-state index < -0.39 is 10.0 Å². The fraction of sp³-hybridized carbons (Fsp3) is 0.240. The van der Waals surface area contributed by atoms with E-state index in [1.54, 1.807) is 36.4 Å². The summed E-state index contributed by atoms with van der Waals surface area (Å²) >= 11 is 0. The Morgan fingerprint density at radius 1 is 0.903 bits per heavy atom. The lowest BCUT2D eigenvalue weighted by Crippen LogP contribution is -2.25. The zero-order chi connectivity index (χ0) is 22.3. The van der Waals surface area contributed by atoms with Gasteiger partial charge in [0.2, 0.25) is 0 Å². The largest absolute Gasteiger partial charge is 0.352 e. The van der Waals surface area contributed by atoms with E-state index in [1.807, 2.05) is 6.07 Å². The van der Waals surface area contributed by atoms with Crippen molar-refractivity contribution in [3.8, 4) is 0 Å². The lowest BCUT2D eigenvalue weighted by atomic mass is 10.0. The average molecular weight is 437 g/mol. The van der Waals surface area contributed by atoms with Gasteiger partial charge in [0.05, 0.1) is 4.90 Å². The summed E-state index contributed by atoms with van der Waals surface area (Å²) in [6, 6.07) is 23.3. The summed E-state index contributed by atoms with van der Waals surface area (Å²) in [4.78, 5) is 12.5. The van der Waals surface area contributed by atoms with Crippen molar-refractivity contribution >= 4 is 21.6 Å². The second-order valence-corrected chi connectivity index (χ2v) is 9.44. The third-order valence-electron chi connectivity index (χ3n) is 5.01. The normalized spacial score (nSPS) is 11.3. The van der Waals surface area contributed by atoms with E-state index in [-0.39, 0.29) is 10.8 Å². The molecule has 0 radical (unpaired) electrons. The van der Waals surface area contributed by atoms with Gasteiger partial charge in [-0.05, 0) is 60.2 Å². The first-order valence-corrected chi connectivity index (χ1v) is 11.9. The maximum Gasteiger partial charge on any atom is 0.261 e. The molecule has 3 aromatic rings. The molecule has 0 bridgehead atoms. The highest BCUT2D eigenvalue weighted by Gasteiger charge is 2.16. The monoisotopic (exact) mass is 436 g/mol. The van der Waals surface area contributed by atoms with Crippen molar-refractivity contribution in [1.82, 2.24) is 5.32 Å². The Labute approximate surface area is 184 Å². The van der Waals surface area contributed by atoms with E-state index in [4.69, 9.17) is 0 Å². The molecule has 0 heterocycles. The number of nitrogens with one attached hydrogen (secondary N) is 2. The third kappa shape index (κ3) is 6.43. The maximum atomic E-state index is 12.6. The van der Waals surface area contributed by atoms with Crippen LogP contribution in [0.25, 0.3) is 0 Å². The Balaban J connectivity index is 1.55. The number of benzene rings is 3. The number of amides is 1. The molecule has 1 amide bonds. The number of anilines is 1. The van der Waals surface area contributed by atoms with Crippen LogP contribution in [-0.4, -0.2) is 20.9 Å². The van der Waals surface area contributed by atoms with Crippen LogP contribution in [0.4, 0.5) is 5.69 Å². The van der Waals surface area contributed by atoms with Gasteiger partial charge in [-0.25, -0.2) is 8.42 Å². The van der Waals surface area contributed by atoms with Crippen LogP contribution in [0.3, 0.4) is 0 Å². The molecule has 0 atom stereocenters. The predicted octanol–water partition coefficient (Wildman–Crippen LogP) is 4.97. The molecule has 0 unspecified atom stereocenters. The molecule has 0 saturated carbocycles. The number of hydrogen-bond acceptors (Lipinski definition) is 3. The summed E-state index contributed by atoms with van der Waals surface area (Å²) in [6.07, 6.45) is 1.67. The van der Waals surface area contributed by atoms with Crippen LogP contribution < -0.4 is 10.0 Å². The molecule has 3 rings (SSSR count). The summed E-state index contributed by atoms with van der Waals surface area (Å²) in [5.41, 5.74) is 3.34. The molecule has 0 aliphatic carbocycles. The van der Waals surface area contributed by atoms with Crippen LogP contribution in [0.1, 0.15) is 47.7 Å². The molecular weight excluding hydrogens is 408 g/mol. The Bertz CT molecular complexity index is 1110. The number of hydrogen-bond donors (Lipinski definition) is 2. The van der Waals surface area contributed by atoms with Crippen LogP contribution in [0.5, 0.6) is 0 Å². The SMILES string of the molecule is CC(C)c1ccc(CCCNC(=O)c2cccc(S(=O)(=O)Nc3ccccc3)c2)cc1. The number of rotatable bonds is 9. The minimum absolute atomic E-state index is 0.0502. The first kappa shape index (κ1) is 22.6. The van der Waals surface area contributed by atoms with Gasteiger partial charge in [-0.2, -0.15) is 0 Å². The van der Waals surface area contributed by atoms with E-state index in [1.165, 1.54) is 23.3 Å². The van der Waals surface area contributed by atoms with E-state index in [0.717, 1.165) is 12.8 Å². The highest BCUT2D eigenvalue weighted by atomic mass is 32.2. The van der Waals surface area contributed by atoms with Gasteiger partial charge in [0.15, 0.2) is 0 Å². The van der Waals surface area contributed by atoms with Crippen molar-refractivity contribution < 1.29 is 13.2 Å².